The number of hydrogen-bond donors (Lipinski definition) is 1. The van der Waals surface area contributed by atoms with Crippen molar-refractivity contribution in [1.82, 2.24) is 15.2 Å². The molecule has 0 saturated carbocycles. The van der Waals surface area contributed by atoms with Crippen molar-refractivity contribution in [2.45, 2.75) is 25.4 Å². The summed E-state index contributed by atoms with van der Waals surface area (Å²) in [7, 11) is 2.21. The normalized spacial score (nSPS) is 20.7. The lowest BCUT2D eigenvalue weighted by molar-refractivity contribution is 0.300. The van der Waals surface area contributed by atoms with E-state index >= 15 is 0 Å². The molecule has 1 aliphatic rings. The van der Waals surface area contributed by atoms with Crippen LogP contribution in [0.1, 0.15) is 18.4 Å². The van der Waals surface area contributed by atoms with E-state index in [0.29, 0.717) is 0 Å². The summed E-state index contributed by atoms with van der Waals surface area (Å²) in [5.74, 6) is 0. The molecule has 1 saturated heterocycles. The van der Waals surface area contributed by atoms with Gasteiger partial charge in [-0.3, -0.25) is 4.98 Å². The summed E-state index contributed by atoms with van der Waals surface area (Å²) in [6.07, 6.45) is 6.37. The first-order chi connectivity index (χ1) is 7.36. The van der Waals surface area contributed by atoms with Gasteiger partial charge in [0.05, 0.1) is 0 Å². The van der Waals surface area contributed by atoms with Crippen molar-refractivity contribution in [2.24, 2.45) is 0 Å². The van der Waals surface area contributed by atoms with Gasteiger partial charge in [0.1, 0.15) is 0 Å². The largest absolute Gasteiger partial charge is 0.311 e. The molecule has 16 heavy (non-hydrogen) atoms. The van der Waals surface area contributed by atoms with E-state index < -0.39 is 0 Å². The van der Waals surface area contributed by atoms with Crippen LogP contribution < -0.4 is 5.32 Å². The summed E-state index contributed by atoms with van der Waals surface area (Å²) in [6.45, 7) is 3.30. The van der Waals surface area contributed by atoms with Crippen LogP contribution in [0, 0.1) is 0 Å². The molecule has 1 atom stereocenters. The lowest BCUT2D eigenvalue weighted by atomic mass is 10.2. The highest BCUT2D eigenvalue weighted by Crippen LogP contribution is 2.13. The lowest BCUT2D eigenvalue weighted by Gasteiger charge is -2.19. The van der Waals surface area contributed by atoms with E-state index in [1.165, 1.54) is 24.9 Å². The average Bonchev–Trinajstić information content (AvgIpc) is 2.66. The topological polar surface area (TPSA) is 28.2 Å². The highest BCUT2D eigenvalue weighted by Gasteiger charge is 2.19. The van der Waals surface area contributed by atoms with E-state index in [-0.39, 0.29) is 12.4 Å². The summed E-state index contributed by atoms with van der Waals surface area (Å²) in [5.41, 5.74) is 1.31. The summed E-state index contributed by atoms with van der Waals surface area (Å²) in [4.78, 5) is 6.45. The molecule has 2 rings (SSSR count). The van der Waals surface area contributed by atoms with Gasteiger partial charge in [0, 0.05) is 31.5 Å². The fourth-order valence-corrected chi connectivity index (χ4v) is 2.12. The Kier molecular flexibility index (Phi) is 5.74. The van der Waals surface area contributed by atoms with Crippen molar-refractivity contribution in [1.29, 1.82) is 0 Å². The minimum absolute atomic E-state index is 0. The zero-order chi connectivity index (χ0) is 10.5. The van der Waals surface area contributed by atoms with Gasteiger partial charge < -0.3 is 10.2 Å². The third-order valence-electron chi connectivity index (χ3n) is 3.13. The van der Waals surface area contributed by atoms with Gasteiger partial charge in [-0.2, -0.15) is 0 Å². The molecule has 0 radical (unpaired) electrons. The fourth-order valence-electron chi connectivity index (χ4n) is 2.12. The number of rotatable bonds is 4. The molecular weight excluding hydrogens is 222 g/mol. The first kappa shape index (κ1) is 13.4. The molecule has 0 bridgehead atoms. The molecule has 1 N–H and O–H groups in total. The predicted molar refractivity (Wildman–Crippen MR) is 68.8 cm³/mol. The maximum atomic E-state index is 4.01. The number of aromatic nitrogens is 1. The first-order valence-corrected chi connectivity index (χ1v) is 5.66. The Balaban J connectivity index is 0.00000128. The van der Waals surface area contributed by atoms with Crippen LogP contribution in [-0.4, -0.2) is 36.1 Å². The smallest absolute Gasteiger partial charge is 0.0271 e. The van der Waals surface area contributed by atoms with Gasteiger partial charge in [-0.1, -0.05) is 0 Å². The molecule has 2 heterocycles. The third kappa shape index (κ3) is 3.74. The van der Waals surface area contributed by atoms with E-state index in [0.717, 1.165) is 19.1 Å². The Hall–Kier alpha value is -0.640. The van der Waals surface area contributed by atoms with Crippen molar-refractivity contribution in [3.8, 4) is 0 Å². The van der Waals surface area contributed by atoms with Gasteiger partial charge in [-0.25, -0.2) is 0 Å². The highest BCUT2D eigenvalue weighted by molar-refractivity contribution is 5.85. The Labute approximate surface area is 104 Å². The maximum Gasteiger partial charge on any atom is 0.0271 e. The molecule has 1 aromatic rings. The Morgan fingerprint density at radius 1 is 1.44 bits per heavy atom. The summed E-state index contributed by atoms with van der Waals surface area (Å²) in [6, 6.07) is 4.85. The molecule has 1 fully saturated rings. The summed E-state index contributed by atoms with van der Waals surface area (Å²) >= 11 is 0. The second-order valence-electron chi connectivity index (χ2n) is 4.26. The standard InChI is InChI=1S/C12H19N3.ClH/c1-15-8-2-3-12(15)10-14-9-11-4-6-13-7-5-11;/h4-7,12,14H,2-3,8-10H2,1H3;1H. The number of nitrogens with zero attached hydrogens (tertiary/aromatic N) is 2. The van der Waals surface area contributed by atoms with Crippen LogP contribution in [0.2, 0.25) is 0 Å². The second kappa shape index (κ2) is 6.84. The highest BCUT2D eigenvalue weighted by atomic mass is 35.5. The van der Waals surface area contributed by atoms with Crippen LogP contribution in [-0.2, 0) is 6.54 Å². The molecule has 3 nitrogen and oxygen atoms in total. The minimum atomic E-state index is 0. The van der Waals surface area contributed by atoms with Gasteiger partial charge >= 0.3 is 0 Å². The first-order valence-electron chi connectivity index (χ1n) is 5.66. The SMILES string of the molecule is CN1CCCC1CNCc1ccncc1.Cl. The predicted octanol–water partition coefficient (Wildman–Crippen LogP) is 1.69. The van der Waals surface area contributed by atoms with Gasteiger partial charge in [-0.05, 0) is 44.1 Å². The van der Waals surface area contributed by atoms with Crippen LogP contribution in [0.4, 0.5) is 0 Å². The van der Waals surface area contributed by atoms with Crippen molar-refractivity contribution in [3.63, 3.8) is 0 Å². The van der Waals surface area contributed by atoms with Crippen LogP contribution in [0.25, 0.3) is 0 Å². The van der Waals surface area contributed by atoms with E-state index in [4.69, 9.17) is 0 Å². The zero-order valence-corrected chi connectivity index (χ0v) is 10.5. The summed E-state index contributed by atoms with van der Waals surface area (Å²) in [5, 5.41) is 3.50. The van der Waals surface area contributed by atoms with Crippen molar-refractivity contribution in [2.75, 3.05) is 20.1 Å². The monoisotopic (exact) mass is 241 g/mol. The van der Waals surface area contributed by atoms with E-state index in [9.17, 15) is 0 Å². The molecule has 0 spiro atoms. The van der Waals surface area contributed by atoms with Gasteiger partial charge in [0.15, 0.2) is 0 Å². The Morgan fingerprint density at radius 3 is 2.81 bits per heavy atom. The Bertz CT molecular complexity index is 292. The number of hydrogen-bond acceptors (Lipinski definition) is 3. The fraction of sp³-hybridized carbons (Fsp3) is 0.583. The molecule has 90 valence electrons. The van der Waals surface area contributed by atoms with Crippen molar-refractivity contribution < 1.29 is 0 Å². The van der Waals surface area contributed by atoms with Gasteiger partial charge in [0.2, 0.25) is 0 Å². The van der Waals surface area contributed by atoms with Gasteiger partial charge in [-0.15, -0.1) is 12.4 Å². The molecule has 1 aromatic heterocycles. The minimum Gasteiger partial charge on any atom is -0.311 e. The van der Waals surface area contributed by atoms with Gasteiger partial charge in [0.25, 0.3) is 0 Å². The molecule has 0 amide bonds. The zero-order valence-electron chi connectivity index (χ0n) is 9.72. The van der Waals surface area contributed by atoms with Crippen LogP contribution in [0.15, 0.2) is 24.5 Å². The van der Waals surface area contributed by atoms with E-state index in [2.05, 4.69) is 34.4 Å². The summed E-state index contributed by atoms with van der Waals surface area (Å²) < 4.78 is 0. The number of pyridine rings is 1. The van der Waals surface area contributed by atoms with Crippen LogP contribution >= 0.6 is 12.4 Å². The van der Waals surface area contributed by atoms with E-state index in [1.807, 2.05) is 12.4 Å². The lowest BCUT2D eigenvalue weighted by Crippen LogP contribution is -2.35. The quantitative estimate of drug-likeness (QED) is 0.870. The number of likely N-dealkylation sites (tertiary alicyclic amines) is 1. The van der Waals surface area contributed by atoms with Crippen molar-refractivity contribution >= 4 is 12.4 Å². The molecular formula is C12H20ClN3. The molecule has 4 heteroatoms. The average molecular weight is 242 g/mol. The second-order valence-corrected chi connectivity index (χ2v) is 4.26. The van der Waals surface area contributed by atoms with E-state index in [1.54, 1.807) is 0 Å². The van der Waals surface area contributed by atoms with Crippen LogP contribution in [0.5, 0.6) is 0 Å². The third-order valence-corrected chi connectivity index (χ3v) is 3.13. The molecule has 1 unspecified atom stereocenters. The number of halogens is 1. The number of likely N-dealkylation sites (N-methyl/N-ethyl adjacent to an activating group) is 1. The molecule has 0 aliphatic carbocycles. The molecule has 0 aromatic carbocycles. The van der Waals surface area contributed by atoms with Crippen LogP contribution in [0.3, 0.4) is 0 Å². The Morgan fingerprint density at radius 2 is 2.19 bits per heavy atom. The van der Waals surface area contributed by atoms with Crippen molar-refractivity contribution in [3.05, 3.63) is 30.1 Å². The number of nitrogens with one attached hydrogen (secondary N) is 1. The maximum absolute atomic E-state index is 4.01. The molecule has 1 aliphatic heterocycles.